The van der Waals surface area contributed by atoms with Crippen molar-refractivity contribution in [3.8, 4) is 17.6 Å². The van der Waals surface area contributed by atoms with E-state index in [0.29, 0.717) is 29.4 Å². The Bertz CT molecular complexity index is 1740. The van der Waals surface area contributed by atoms with Crippen molar-refractivity contribution in [3.05, 3.63) is 142 Å². The van der Waals surface area contributed by atoms with Crippen LogP contribution >= 0.6 is 15.9 Å². The summed E-state index contributed by atoms with van der Waals surface area (Å²) in [6.45, 7) is 0.612. The minimum Gasteiger partial charge on any atom is -0.489 e. The third kappa shape index (κ3) is 7.18. The smallest absolute Gasteiger partial charge is 0.266 e. The summed E-state index contributed by atoms with van der Waals surface area (Å²) in [6, 6.07) is 34.3. The quantitative estimate of drug-likeness (QED) is 0.135. The van der Waals surface area contributed by atoms with Crippen molar-refractivity contribution in [1.82, 2.24) is 0 Å². The summed E-state index contributed by atoms with van der Waals surface area (Å²) in [7, 11) is 0. The van der Waals surface area contributed by atoms with Gasteiger partial charge in [0.25, 0.3) is 5.91 Å². The molecule has 7 heteroatoms. The van der Waals surface area contributed by atoms with Crippen LogP contribution in [-0.4, -0.2) is 5.91 Å². The van der Waals surface area contributed by atoms with E-state index in [0.717, 1.165) is 26.4 Å². The van der Waals surface area contributed by atoms with Crippen LogP contribution in [0.3, 0.4) is 0 Å². The molecule has 0 saturated carbocycles. The lowest BCUT2D eigenvalue weighted by molar-refractivity contribution is -0.112. The number of carbonyl (C=O) groups excluding carboxylic acids is 1. The molecule has 0 unspecified atom stereocenters. The molecular formula is C34H24BrFN2O3. The number of rotatable bonds is 9. The summed E-state index contributed by atoms with van der Waals surface area (Å²) >= 11 is 3.42. The molecular weight excluding hydrogens is 583 g/mol. The molecule has 0 aromatic heterocycles. The van der Waals surface area contributed by atoms with E-state index in [2.05, 4.69) is 21.2 Å². The minimum absolute atomic E-state index is 0.0800. The number of hydrogen-bond donors (Lipinski definition) is 1. The van der Waals surface area contributed by atoms with Gasteiger partial charge in [0.1, 0.15) is 42.2 Å². The lowest BCUT2D eigenvalue weighted by Gasteiger charge is -2.13. The zero-order chi connectivity index (χ0) is 28.6. The second kappa shape index (κ2) is 12.9. The van der Waals surface area contributed by atoms with Crippen LogP contribution in [0.2, 0.25) is 0 Å². The first-order valence-electron chi connectivity index (χ1n) is 12.8. The van der Waals surface area contributed by atoms with E-state index in [4.69, 9.17) is 9.47 Å². The van der Waals surface area contributed by atoms with Crippen molar-refractivity contribution < 1.29 is 18.7 Å². The van der Waals surface area contributed by atoms with E-state index in [9.17, 15) is 14.4 Å². The van der Waals surface area contributed by atoms with Crippen LogP contribution in [-0.2, 0) is 18.0 Å². The van der Waals surface area contributed by atoms with E-state index in [1.54, 1.807) is 42.5 Å². The van der Waals surface area contributed by atoms with Crippen LogP contribution in [0.25, 0.3) is 16.8 Å². The first-order valence-corrected chi connectivity index (χ1v) is 13.6. The van der Waals surface area contributed by atoms with Crippen LogP contribution in [0.1, 0.15) is 16.7 Å². The highest BCUT2D eigenvalue weighted by atomic mass is 79.9. The summed E-state index contributed by atoms with van der Waals surface area (Å²) in [5.74, 6) is 0.283. The number of nitrogens with zero attached hydrogens (tertiary/aromatic N) is 1. The molecule has 0 aliphatic heterocycles. The Morgan fingerprint density at radius 2 is 1.49 bits per heavy atom. The number of halogens is 2. The number of ether oxygens (including phenoxy) is 2. The summed E-state index contributed by atoms with van der Waals surface area (Å²) in [4.78, 5) is 13.1. The molecule has 5 rings (SSSR count). The SMILES string of the molecule is N#C/C(=C\c1c(OCc2ccc(F)cc2)ccc2ccccc12)C(=O)Nc1ccc(OCc2ccc(Br)cc2)cc1. The first kappa shape index (κ1) is 27.6. The summed E-state index contributed by atoms with van der Waals surface area (Å²) in [5, 5.41) is 14.4. The zero-order valence-electron chi connectivity index (χ0n) is 21.8. The molecule has 0 fully saturated rings. The number of fused-ring (bicyclic) bond motifs is 1. The van der Waals surface area contributed by atoms with Gasteiger partial charge in [0, 0.05) is 15.7 Å². The number of carbonyl (C=O) groups is 1. The summed E-state index contributed by atoms with van der Waals surface area (Å²) < 4.78 is 26.2. The van der Waals surface area contributed by atoms with Gasteiger partial charge >= 0.3 is 0 Å². The molecule has 1 amide bonds. The molecule has 0 heterocycles. The number of nitrogens with one attached hydrogen (secondary N) is 1. The second-order valence-corrected chi connectivity index (χ2v) is 10.1. The molecule has 0 bridgehead atoms. The second-order valence-electron chi connectivity index (χ2n) is 9.18. The van der Waals surface area contributed by atoms with Crippen molar-refractivity contribution in [2.24, 2.45) is 0 Å². The highest BCUT2D eigenvalue weighted by molar-refractivity contribution is 9.10. The van der Waals surface area contributed by atoms with E-state index >= 15 is 0 Å². The summed E-state index contributed by atoms with van der Waals surface area (Å²) in [6.07, 6.45) is 1.54. The third-order valence-electron chi connectivity index (χ3n) is 6.32. The minimum atomic E-state index is -0.548. The molecule has 0 aliphatic rings. The van der Waals surface area contributed by atoms with Gasteiger partial charge in [-0.3, -0.25) is 4.79 Å². The average Bonchev–Trinajstić information content (AvgIpc) is 3.00. The molecule has 0 atom stereocenters. The number of hydrogen-bond acceptors (Lipinski definition) is 4. The molecule has 5 nitrogen and oxygen atoms in total. The largest absolute Gasteiger partial charge is 0.489 e. The molecule has 5 aromatic carbocycles. The molecule has 41 heavy (non-hydrogen) atoms. The third-order valence-corrected chi connectivity index (χ3v) is 6.85. The fourth-order valence-electron chi connectivity index (χ4n) is 4.17. The Kier molecular flexibility index (Phi) is 8.73. The molecule has 0 saturated heterocycles. The highest BCUT2D eigenvalue weighted by Crippen LogP contribution is 2.31. The van der Waals surface area contributed by atoms with Crippen LogP contribution in [0.15, 0.2) is 119 Å². The Morgan fingerprint density at radius 1 is 0.829 bits per heavy atom. The average molecular weight is 607 g/mol. The molecule has 202 valence electrons. The number of amides is 1. The molecule has 5 aromatic rings. The van der Waals surface area contributed by atoms with Gasteiger partial charge in [-0.2, -0.15) is 5.26 Å². The van der Waals surface area contributed by atoms with Gasteiger partial charge < -0.3 is 14.8 Å². The van der Waals surface area contributed by atoms with Gasteiger partial charge in [-0.25, -0.2) is 4.39 Å². The monoisotopic (exact) mass is 606 g/mol. The van der Waals surface area contributed by atoms with Gasteiger partial charge in [0.15, 0.2) is 0 Å². The molecule has 0 spiro atoms. The van der Waals surface area contributed by atoms with Gasteiger partial charge in [-0.15, -0.1) is 0 Å². The maximum atomic E-state index is 13.3. The van der Waals surface area contributed by atoms with Gasteiger partial charge in [0.05, 0.1) is 0 Å². The molecule has 0 aliphatic carbocycles. The number of benzene rings is 5. The lowest BCUT2D eigenvalue weighted by Crippen LogP contribution is -2.13. The predicted molar refractivity (Wildman–Crippen MR) is 162 cm³/mol. The highest BCUT2D eigenvalue weighted by Gasteiger charge is 2.14. The maximum absolute atomic E-state index is 13.3. The van der Waals surface area contributed by atoms with Crippen LogP contribution in [0.5, 0.6) is 11.5 Å². The predicted octanol–water partition coefficient (Wildman–Crippen LogP) is 8.45. The Labute approximate surface area is 245 Å². The fourth-order valence-corrected chi connectivity index (χ4v) is 4.43. The van der Waals surface area contributed by atoms with E-state index < -0.39 is 5.91 Å². The van der Waals surface area contributed by atoms with Crippen molar-refractivity contribution >= 4 is 44.4 Å². The Morgan fingerprint density at radius 3 is 2.20 bits per heavy atom. The lowest BCUT2D eigenvalue weighted by atomic mass is 10.0. The Balaban J connectivity index is 1.33. The summed E-state index contributed by atoms with van der Waals surface area (Å²) in [5.41, 5.74) is 2.87. The number of nitriles is 1. The topological polar surface area (TPSA) is 71.3 Å². The first-order chi connectivity index (χ1) is 20.0. The van der Waals surface area contributed by atoms with Crippen molar-refractivity contribution in [2.75, 3.05) is 5.32 Å². The Hall–Kier alpha value is -4.93. The normalized spacial score (nSPS) is 11.1. The molecule has 1 N–H and O–H groups in total. The van der Waals surface area contributed by atoms with Gasteiger partial charge in [0.2, 0.25) is 0 Å². The zero-order valence-corrected chi connectivity index (χ0v) is 23.4. The van der Waals surface area contributed by atoms with E-state index in [1.807, 2.05) is 60.7 Å². The van der Waals surface area contributed by atoms with Gasteiger partial charge in [-0.1, -0.05) is 70.5 Å². The molecule has 0 radical (unpaired) electrons. The van der Waals surface area contributed by atoms with Crippen LogP contribution in [0, 0.1) is 17.1 Å². The van der Waals surface area contributed by atoms with E-state index in [-0.39, 0.29) is 18.0 Å². The van der Waals surface area contributed by atoms with Crippen molar-refractivity contribution in [1.29, 1.82) is 5.26 Å². The van der Waals surface area contributed by atoms with Crippen LogP contribution < -0.4 is 14.8 Å². The van der Waals surface area contributed by atoms with Gasteiger partial charge in [-0.05, 0) is 82.6 Å². The fraction of sp³-hybridized carbons (Fsp3) is 0.0588. The standard InChI is InChI=1S/C34H24BrFN2O3/c35-27-10-5-23(6-11-27)21-40-30-16-14-29(15-17-30)38-34(39)26(20-37)19-32-31-4-2-1-3-25(31)9-18-33(32)41-22-24-7-12-28(36)13-8-24/h1-19H,21-22H2,(H,38,39)/b26-19+. The van der Waals surface area contributed by atoms with Crippen LogP contribution in [0.4, 0.5) is 10.1 Å². The van der Waals surface area contributed by atoms with Crippen molar-refractivity contribution in [2.45, 2.75) is 13.2 Å². The number of anilines is 1. The van der Waals surface area contributed by atoms with Crippen molar-refractivity contribution in [3.63, 3.8) is 0 Å². The van der Waals surface area contributed by atoms with E-state index in [1.165, 1.54) is 18.2 Å². The maximum Gasteiger partial charge on any atom is 0.266 e.